The first-order valence-corrected chi connectivity index (χ1v) is 10.2. The lowest BCUT2D eigenvalue weighted by atomic mass is 10.0. The number of hydrogen-bond donors (Lipinski definition) is 1. The van der Waals surface area contributed by atoms with Gasteiger partial charge in [-0.05, 0) is 48.4 Å². The van der Waals surface area contributed by atoms with Crippen LogP contribution in [0, 0.1) is 5.82 Å². The van der Waals surface area contributed by atoms with Crippen molar-refractivity contribution in [3.63, 3.8) is 0 Å². The molecule has 146 valence electrons. The van der Waals surface area contributed by atoms with E-state index >= 15 is 0 Å². The number of anilines is 1. The predicted molar refractivity (Wildman–Crippen MR) is 109 cm³/mol. The van der Waals surface area contributed by atoms with E-state index in [4.69, 9.17) is 11.6 Å². The molecule has 8 heteroatoms. The number of benzene rings is 1. The largest absolute Gasteiger partial charge is 0.385 e. The van der Waals surface area contributed by atoms with Crippen LogP contribution in [0.2, 0.25) is 5.02 Å². The van der Waals surface area contributed by atoms with Gasteiger partial charge in [-0.1, -0.05) is 31.5 Å². The fourth-order valence-corrected chi connectivity index (χ4v) is 4.32. The first-order chi connectivity index (χ1) is 12.9. The fraction of sp³-hybridized carbons (Fsp3) is 0.474. The number of piperidine rings is 1. The van der Waals surface area contributed by atoms with Crippen LogP contribution in [0.1, 0.15) is 44.2 Å². The third-order valence-corrected chi connectivity index (χ3v) is 6.35. The van der Waals surface area contributed by atoms with Gasteiger partial charge in [-0.15, -0.1) is 0 Å². The molecule has 1 aromatic carbocycles. The molecule has 0 atom stereocenters. The lowest BCUT2D eigenvalue weighted by Crippen LogP contribution is -2.36. The fourth-order valence-electron chi connectivity index (χ4n) is 3.15. The van der Waals surface area contributed by atoms with Gasteiger partial charge >= 0.3 is 0 Å². The summed E-state index contributed by atoms with van der Waals surface area (Å²) in [6.07, 6.45) is 3.11. The van der Waals surface area contributed by atoms with Crippen molar-refractivity contribution in [3.05, 3.63) is 51.2 Å². The van der Waals surface area contributed by atoms with Gasteiger partial charge in [0.2, 0.25) is 0 Å². The molecule has 1 N–H and O–H groups in total. The highest BCUT2D eigenvalue weighted by atomic mass is 35.5. The van der Waals surface area contributed by atoms with Crippen LogP contribution in [0.3, 0.4) is 0 Å². The van der Waals surface area contributed by atoms with Crippen molar-refractivity contribution in [3.8, 4) is 0 Å². The van der Waals surface area contributed by atoms with Crippen LogP contribution < -0.4 is 10.9 Å². The van der Waals surface area contributed by atoms with E-state index in [1.807, 2.05) is 12.1 Å². The quantitative estimate of drug-likeness (QED) is 0.733. The standard InChI is InChI=1S/C19H24ClFN4OS/c1-12(2)13-4-5-17(15(21)10-13)27-24-8-6-14(7-9-24)25-19(26)18(20)16(22-3)11-23-25/h4-5,10-12,14,22H,6-9H2,1-3H3. The normalized spacial score (nSPS) is 16.1. The third kappa shape index (κ3) is 4.47. The van der Waals surface area contributed by atoms with Crippen molar-refractivity contribution in [1.82, 2.24) is 14.1 Å². The maximum atomic E-state index is 14.4. The Hall–Kier alpha value is -1.57. The molecule has 5 nitrogen and oxygen atoms in total. The zero-order valence-corrected chi connectivity index (χ0v) is 17.3. The lowest BCUT2D eigenvalue weighted by Gasteiger charge is -2.31. The van der Waals surface area contributed by atoms with Gasteiger partial charge in [0, 0.05) is 20.1 Å². The summed E-state index contributed by atoms with van der Waals surface area (Å²) in [4.78, 5) is 13.0. The topological polar surface area (TPSA) is 50.2 Å². The summed E-state index contributed by atoms with van der Waals surface area (Å²) in [6, 6.07) is 5.46. The molecule has 0 unspecified atom stereocenters. The zero-order chi connectivity index (χ0) is 19.6. The Bertz CT molecular complexity index is 865. The van der Waals surface area contributed by atoms with E-state index in [0.29, 0.717) is 16.5 Å². The van der Waals surface area contributed by atoms with Crippen LogP contribution in [0.15, 0.2) is 34.1 Å². The number of hydrogen-bond acceptors (Lipinski definition) is 5. The van der Waals surface area contributed by atoms with Gasteiger partial charge in [0.15, 0.2) is 0 Å². The molecule has 1 saturated heterocycles. The number of nitrogens with one attached hydrogen (secondary N) is 1. The predicted octanol–water partition coefficient (Wildman–Crippen LogP) is 4.55. The summed E-state index contributed by atoms with van der Waals surface area (Å²) >= 11 is 7.55. The van der Waals surface area contributed by atoms with E-state index in [-0.39, 0.29) is 22.4 Å². The van der Waals surface area contributed by atoms with Gasteiger partial charge in [0.05, 0.1) is 22.8 Å². The van der Waals surface area contributed by atoms with E-state index in [9.17, 15) is 9.18 Å². The first-order valence-electron chi connectivity index (χ1n) is 9.08. The minimum Gasteiger partial charge on any atom is -0.385 e. The van der Waals surface area contributed by atoms with Gasteiger partial charge in [0.1, 0.15) is 10.8 Å². The minimum atomic E-state index is -0.273. The first kappa shape index (κ1) is 20.2. The molecule has 1 aliphatic heterocycles. The number of aromatic nitrogens is 2. The zero-order valence-electron chi connectivity index (χ0n) is 15.7. The minimum absolute atomic E-state index is 0.00548. The highest BCUT2D eigenvalue weighted by Gasteiger charge is 2.24. The molecular weight excluding hydrogens is 387 g/mol. The summed E-state index contributed by atoms with van der Waals surface area (Å²) in [6.45, 7) is 5.61. The van der Waals surface area contributed by atoms with Crippen LogP contribution in [-0.2, 0) is 0 Å². The summed E-state index contributed by atoms with van der Waals surface area (Å²) in [5.74, 6) is 0.127. The summed E-state index contributed by atoms with van der Waals surface area (Å²) in [5.41, 5.74) is 1.26. The van der Waals surface area contributed by atoms with Crippen molar-refractivity contribution >= 4 is 29.2 Å². The van der Waals surface area contributed by atoms with Gasteiger partial charge < -0.3 is 5.32 Å². The van der Waals surface area contributed by atoms with E-state index in [2.05, 4.69) is 28.6 Å². The second kappa shape index (κ2) is 8.63. The second-order valence-corrected chi connectivity index (χ2v) is 8.48. The van der Waals surface area contributed by atoms with Gasteiger partial charge in [0.25, 0.3) is 5.56 Å². The highest BCUT2D eigenvalue weighted by Crippen LogP contribution is 2.32. The summed E-state index contributed by atoms with van der Waals surface area (Å²) in [7, 11) is 1.70. The molecule has 1 aromatic heterocycles. The van der Waals surface area contributed by atoms with Crippen molar-refractivity contribution in [2.45, 2.75) is 43.5 Å². The average Bonchev–Trinajstić information content (AvgIpc) is 2.66. The molecule has 3 rings (SSSR count). The molecule has 2 heterocycles. The monoisotopic (exact) mass is 410 g/mol. The van der Waals surface area contributed by atoms with Gasteiger partial charge in [-0.25, -0.2) is 13.4 Å². The Kier molecular flexibility index (Phi) is 6.44. The van der Waals surface area contributed by atoms with Gasteiger partial charge in [-0.3, -0.25) is 4.79 Å². The maximum absolute atomic E-state index is 14.4. The molecule has 0 spiro atoms. The highest BCUT2D eigenvalue weighted by molar-refractivity contribution is 7.97. The molecule has 1 fully saturated rings. The van der Waals surface area contributed by atoms with Crippen LogP contribution >= 0.6 is 23.5 Å². The number of nitrogens with zero attached hydrogens (tertiary/aromatic N) is 3. The molecule has 0 aliphatic carbocycles. The molecule has 0 saturated carbocycles. The van der Waals surface area contributed by atoms with Crippen LogP contribution in [0.4, 0.5) is 10.1 Å². The van der Waals surface area contributed by atoms with Crippen molar-refractivity contribution in [2.75, 3.05) is 25.5 Å². The molecule has 27 heavy (non-hydrogen) atoms. The summed E-state index contributed by atoms with van der Waals surface area (Å²) < 4.78 is 18.0. The molecule has 2 aromatic rings. The molecule has 0 amide bonds. The Labute approximate surface area is 168 Å². The smallest absolute Gasteiger partial charge is 0.287 e. The average molecular weight is 411 g/mol. The maximum Gasteiger partial charge on any atom is 0.287 e. The van der Waals surface area contributed by atoms with E-state index in [0.717, 1.165) is 31.5 Å². The third-order valence-electron chi connectivity index (χ3n) is 4.83. The van der Waals surface area contributed by atoms with Gasteiger partial charge in [-0.2, -0.15) is 5.10 Å². The van der Waals surface area contributed by atoms with Crippen LogP contribution in [0.25, 0.3) is 0 Å². The number of halogens is 2. The molecule has 1 aliphatic rings. The number of rotatable bonds is 5. The Morgan fingerprint density at radius 2 is 2.04 bits per heavy atom. The SMILES string of the molecule is CNc1cnn(C2CCN(Sc3ccc(C(C)C)cc3F)CC2)c(=O)c1Cl. The van der Waals surface area contributed by atoms with E-state index in [1.54, 1.807) is 19.3 Å². The Balaban J connectivity index is 1.64. The van der Waals surface area contributed by atoms with E-state index < -0.39 is 0 Å². The molecular formula is C19H24ClFN4OS. The second-order valence-electron chi connectivity index (χ2n) is 6.97. The van der Waals surface area contributed by atoms with Crippen LogP contribution in [0.5, 0.6) is 0 Å². The molecule has 0 bridgehead atoms. The summed E-state index contributed by atoms with van der Waals surface area (Å²) in [5, 5.41) is 7.28. The van der Waals surface area contributed by atoms with E-state index in [1.165, 1.54) is 16.6 Å². The molecule has 0 radical (unpaired) electrons. The Morgan fingerprint density at radius 3 is 2.63 bits per heavy atom. The van der Waals surface area contributed by atoms with Crippen molar-refractivity contribution < 1.29 is 4.39 Å². The lowest BCUT2D eigenvalue weighted by molar-refractivity contribution is 0.268. The van der Waals surface area contributed by atoms with Crippen molar-refractivity contribution in [1.29, 1.82) is 0 Å². The Morgan fingerprint density at radius 1 is 1.33 bits per heavy atom. The van der Waals surface area contributed by atoms with Crippen LogP contribution in [-0.4, -0.2) is 34.2 Å². The van der Waals surface area contributed by atoms with Crippen molar-refractivity contribution in [2.24, 2.45) is 0 Å².